The molecule has 3 heterocycles. The Morgan fingerprint density at radius 1 is 1.28 bits per heavy atom. The Labute approximate surface area is 211 Å². The summed E-state index contributed by atoms with van der Waals surface area (Å²) in [5.74, 6) is -1.18. The molecule has 2 aromatic carbocycles. The number of nitrogens with zero attached hydrogens (tertiary/aromatic N) is 3. The highest BCUT2D eigenvalue weighted by Gasteiger charge is 2.33. The number of rotatable bonds is 6. The minimum Gasteiger partial charge on any atom is -0.375 e. The minimum absolute atomic E-state index is 0.247. The summed E-state index contributed by atoms with van der Waals surface area (Å²) in [6.07, 6.45) is 1.09. The molecule has 8 nitrogen and oxygen atoms in total. The molecular formula is C26H24FN5O3S. The van der Waals surface area contributed by atoms with E-state index in [1.807, 2.05) is 6.07 Å². The van der Waals surface area contributed by atoms with Crippen LogP contribution >= 0.6 is 11.3 Å². The van der Waals surface area contributed by atoms with E-state index in [9.17, 15) is 19.2 Å². The second-order valence-corrected chi connectivity index (χ2v) is 9.97. The van der Waals surface area contributed by atoms with Crippen molar-refractivity contribution in [2.24, 2.45) is 0 Å². The van der Waals surface area contributed by atoms with Gasteiger partial charge in [-0.15, -0.1) is 11.3 Å². The van der Waals surface area contributed by atoms with E-state index in [1.54, 1.807) is 30.5 Å². The number of carbonyl (C=O) groups excluding carboxylic acids is 2. The van der Waals surface area contributed by atoms with Gasteiger partial charge in [0.25, 0.3) is 5.91 Å². The molecule has 184 valence electrons. The Kier molecular flexibility index (Phi) is 6.43. The molecule has 1 fully saturated rings. The zero-order valence-corrected chi connectivity index (χ0v) is 20.5. The van der Waals surface area contributed by atoms with Crippen molar-refractivity contribution in [2.45, 2.75) is 25.4 Å². The molecule has 2 N–H and O–H groups in total. The van der Waals surface area contributed by atoms with Gasteiger partial charge in [0.1, 0.15) is 11.2 Å². The first kappa shape index (κ1) is 23.9. The summed E-state index contributed by atoms with van der Waals surface area (Å²) in [5, 5.41) is 17.0. The van der Waals surface area contributed by atoms with Gasteiger partial charge in [-0.3, -0.25) is 9.59 Å². The van der Waals surface area contributed by atoms with E-state index in [0.29, 0.717) is 28.6 Å². The largest absolute Gasteiger partial charge is 0.375 e. The lowest BCUT2D eigenvalue weighted by atomic mass is 9.79. The van der Waals surface area contributed by atoms with E-state index in [2.05, 4.69) is 26.6 Å². The summed E-state index contributed by atoms with van der Waals surface area (Å²) in [6.45, 7) is 3.99. The summed E-state index contributed by atoms with van der Waals surface area (Å²) < 4.78 is 19.6. The average Bonchev–Trinajstić information content (AvgIpc) is 3.29. The Morgan fingerprint density at radius 3 is 2.86 bits per heavy atom. The van der Waals surface area contributed by atoms with Crippen LogP contribution in [0.15, 0.2) is 41.8 Å². The third-order valence-corrected chi connectivity index (χ3v) is 7.18. The van der Waals surface area contributed by atoms with Crippen LogP contribution in [0.25, 0.3) is 11.3 Å². The fourth-order valence-electron chi connectivity index (χ4n) is 4.26. The molecule has 2 amide bonds. The van der Waals surface area contributed by atoms with Crippen molar-refractivity contribution in [3.05, 3.63) is 64.3 Å². The number of amides is 2. The molecule has 0 bridgehead atoms. The van der Waals surface area contributed by atoms with Crippen LogP contribution in [0.5, 0.6) is 0 Å². The standard InChI is InChI=1S/C26H24FN5O3S/c1-26(14-28)15-35-12-17-4-3-16(9-21(17)26)24(34)29-11-23(33)31-25-30-22(13-36-25)18-7-19(27)10-20(8-18)32-5-2-6-32/h3-4,7-10,13H,2,5-6,11-12,15H2,1H3,(H,29,34)(H,30,31,33)/t26-/m1/s1. The monoisotopic (exact) mass is 505 g/mol. The molecule has 0 aliphatic carbocycles. The highest BCUT2D eigenvalue weighted by Crippen LogP contribution is 2.33. The lowest BCUT2D eigenvalue weighted by Gasteiger charge is -2.33. The first-order valence-electron chi connectivity index (χ1n) is 11.6. The van der Waals surface area contributed by atoms with Gasteiger partial charge in [-0.2, -0.15) is 5.26 Å². The second kappa shape index (κ2) is 9.68. The molecule has 3 aromatic rings. The number of hydrogen-bond donors (Lipinski definition) is 2. The van der Waals surface area contributed by atoms with Crippen LogP contribution in [0.2, 0.25) is 0 Å². The van der Waals surface area contributed by atoms with Gasteiger partial charge >= 0.3 is 0 Å². The SMILES string of the molecule is C[C@@]1(C#N)COCc2ccc(C(=O)NCC(=O)Nc3nc(-c4cc(F)cc(N5CCC5)c4)cs3)cc21. The number of aromatic nitrogens is 1. The molecule has 0 radical (unpaired) electrons. The number of benzene rings is 2. The number of hydrogen-bond acceptors (Lipinski definition) is 7. The second-order valence-electron chi connectivity index (χ2n) is 9.12. The van der Waals surface area contributed by atoms with Gasteiger partial charge in [0.15, 0.2) is 5.13 Å². The number of anilines is 2. The quantitative estimate of drug-likeness (QED) is 0.527. The molecular weight excluding hydrogens is 481 g/mol. The van der Waals surface area contributed by atoms with Gasteiger partial charge in [0, 0.05) is 35.3 Å². The lowest BCUT2D eigenvalue weighted by Crippen LogP contribution is -2.37. The topological polar surface area (TPSA) is 107 Å². The van der Waals surface area contributed by atoms with Crippen molar-refractivity contribution in [1.82, 2.24) is 10.3 Å². The summed E-state index contributed by atoms with van der Waals surface area (Å²) in [5.41, 5.74) is 3.20. The van der Waals surface area contributed by atoms with E-state index in [-0.39, 0.29) is 19.0 Å². The highest BCUT2D eigenvalue weighted by molar-refractivity contribution is 7.14. The summed E-state index contributed by atoms with van der Waals surface area (Å²) in [7, 11) is 0. The first-order chi connectivity index (χ1) is 17.3. The molecule has 0 spiro atoms. The fraction of sp³-hybridized carbons (Fsp3) is 0.308. The van der Waals surface area contributed by atoms with Crippen molar-refractivity contribution in [2.75, 3.05) is 36.5 Å². The molecule has 5 rings (SSSR count). The van der Waals surface area contributed by atoms with Crippen LogP contribution in [-0.4, -0.2) is 43.0 Å². The molecule has 0 saturated carbocycles. The van der Waals surface area contributed by atoms with E-state index < -0.39 is 17.2 Å². The Bertz CT molecular complexity index is 1380. The van der Waals surface area contributed by atoms with E-state index >= 15 is 0 Å². The van der Waals surface area contributed by atoms with Crippen molar-refractivity contribution >= 4 is 34.0 Å². The molecule has 2 aliphatic heterocycles. The molecule has 0 unspecified atom stereocenters. The van der Waals surface area contributed by atoms with Crippen molar-refractivity contribution in [3.8, 4) is 17.3 Å². The average molecular weight is 506 g/mol. The van der Waals surface area contributed by atoms with Crippen LogP contribution in [0.3, 0.4) is 0 Å². The van der Waals surface area contributed by atoms with Gasteiger partial charge in [0.05, 0.1) is 31.5 Å². The van der Waals surface area contributed by atoms with Gasteiger partial charge in [-0.25, -0.2) is 9.37 Å². The van der Waals surface area contributed by atoms with E-state index in [1.165, 1.54) is 23.5 Å². The van der Waals surface area contributed by atoms with Crippen molar-refractivity contribution in [3.63, 3.8) is 0 Å². The third kappa shape index (κ3) is 4.80. The van der Waals surface area contributed by atoms with Gasteiger partial charge in [-0.05, 0) is 54.8 Å². The van der Waals surface area contributed by atoms with E-state index in [0.717, 1.165) is 36.3 Å². The van der Waals surface area contributed by atoms with Gasteiger partial charge in [0.2, 0.25) is 5.91 Å². The van der Waals surface area contributed by atoms with Gasteiger partial charge < -0.3 is 20.3 Å². The van der Waals surface area contributed by atoms with E-state index in [4.69, 9.17) is 4.74 Å². The fourth-order valence-corrected chi connectivity index (χ4v) is 5.00. The molecule has 10 heteroatoms. The third-order valence-electron chi connectivity index (χ3n) is 6.42. The van der Waals surface area contributed by atoms with Crippen LogP contribution in [0.1, 0.15) is 34.8 Å². The maximum absolute atomic E-state index is 14.1. The van der Waals surface area contributed by atoms with Gasteiger partial charge in [-0.1, -0.05) is 6.07 Å². The maximum atomic E-state index is 14.1. The molecule has 36 heavy (non-hydrogen) atoms. The number of halogens is 1. The lowest BCUT2D eigenvalue weighted by molar-refractivity contribution is -0.115. The zero-order valence-electron chi connectivity index (χ0n) is 19.6. The number of nitriles is 1. The Morgan fingerprint density at radius 2 is 2.11 bits per heavy atom. The number of thiazole rings is 1. The smallest absolute Gasteiger partial charge is 0.251 e. The number of nitrogens with one attached hydrogen (secondary N) is 2. The summed E-state index contributed by atoms with van der Waals surface area (Å²) >= 11 is 1.23. The number of ether oxygens (including phenoxy) is 1. The maximum Gasteiger partial charge on any atom is 0.251 e. The predicted molar refractivity (Wildman–Crippen MR) is 134 cm³/mol. The Balaban J connectivity index is 1.21. The van der Waals surface area contributed by atoms with Crippen molar-refractivity contribution < 1.29 is 18.7 Å². The Hall–Kier alpha value is -3.81. The number of fused-ring (bicyclic) bond motifs is 1. The zero-order chi connectivity index (χ0) is 25.3. The predicted octanol–water partition coefficient (Wildman–Crippen LogP) is 3.84. The molecule has 1 saturated heterocycles. The number of carbonyl (C=O) groups is 2. The van der Waals surface area contributed by atoms with Crippen LogP contribution in [-0.2, 0) is 21.6 Å². The molecule has 1 atom stereocenters. The summed E-state index contributed by atoms with van der Waals surface area (Å²) in [4.78, 5) is 31.6. The van der Waals surface area contributed by atoms with Crippen LogP contribution in [0, 0.1) is 17.1 Å². The summed E-state index contributed by atoms with van der Waals surface area (Å²) in [6, 6.07) is 12.2. The molecule has 1 aromatic heterocycles. The highest BCUT2D eigenvalue weighted by atomic mass is 32.1. The normalized spacial score (nSPS) is 18.5. The van der Waals surface area contributed by atoms with Crippen LogP contribution in [0.4, 0.5) is 15.2 Å². The van der Waals surface area contributed by atoms with Crippen LogP contribution < -0.4 is 15.5 Å². The first-order valence-corrected chi connectivity index (χ1v) is 12.4. The van der Waals surface area contributed by atoms with Crippen molar-refractivity contribution in [1.29, 1.82) is 5.26 Å². The molecule has 2 aliphatic rings. The minimum atomic E-state index is -0.832.